The van der Waals surface area contributed by atoms with Crippen molar-refractivity contribution in [1.82, 2.24) is 0 Å². The molecule has 0 unspecified atom stereocenters. The maximum Gasteiger partial charge on any atom is 0.135 e. The smallest absolute Gasteiger partial charge is 0.135 e. The van der Waals surface area contributed by atoms with Gasteiger partial charge in [-0.05, 0) is 49.2 Å². The van der Waals surface area contributed by atoms with E-state index in [1.54, 1.807) is 0 Å². The Kier molecular flexibility index (Phi) is 14.7. The number of benzene rings is 6. The summed E-state index contributed by atoms with van der Waals surface area (Å²) in [6.45, 7) is 9.00. The topological polar surface area (TPSA) is 49.0 Å². The van der Waals surface area contributed by atoms with Crippen LogP contribution in [-0.4, -0.2) is 0 Å². The summed E-state index contributed by atoms with van der Waals surface area (Å²) in [6.07, 6.45) is 0. The van der Waals surface area contributed by atoms with E-state index in [0.717, 1.165) is 11.5 Å². The molecule has 0 aromatic heterocycles. The Labute approximate surface area is 275 Å². The predicted molar refractivity (Wildman–Crippen MR) is 178 cm³/mol. The maximum absolute atomic E-state index is 7.50. The van der Waals surface area contributed by atoms with Crippen molar-refractivity contribution in [1.29, 1.82) is 0 Å². The summed E-state index contributed by atoms with van der Waals surface area (Å²) < 4.78 is 21.9. The molecule has 0 amide bonds. The van der Waals surface area contributed by atoms with Gasteiger partial charge in [0.05, 0.1) is 0 Å². The van der Waals surface area contributed by atoms with Crippen molar-refractivity contribution in [2.75, 3.05) is 0 Å². The van der Waals surface area contributed by atoms with Crippen LogP contribution in [0.25, 0.3) is 0 Å². The van der Waals surface area contributed by atoms with Crippen LogP contribution in [-0.2, 0) is 29.7 Å². The van der Waals surface area contributed by atoms with Crippen LogP contribution in [0.5, 0.6) is 11.5 Å². The summed E-state index contributed by atoms with van der Waals surface area (Å²) in [5.74, 6) is 1.81. The minimum absolute atomic E-state index is 0. The second-order valence-corrected chi connectivity index (χ2v) is 13.4. The van der Waals surface area contributed by atoms with Crippen molar-refractivity contribution in [2.45, 2.75) is 0 Å². The van der Waals surface area contributed by atoms with Gasteiger partial charge < -0.3 is 4.74 Å². The Hall–Kier alpha value is -3.88. The fourth-order valence-electron chi connectivity index (χ4n) is 4.74. The second kappa shape index (κ2) is 18.7. The third-order valence-corrected chi connectivity index (χ3v) is 11.5. The van der Waals surface area contributed by atoms with E-state index in [4.69, 9.17) is 14.0 Å². The molecule has 0 radical (unpaired) electrons. The first kappa shape index (κ1) is 34.6. The average molecular weight is 701 g/mol. The van der Waals surface area contributed by atoms with Crippen LogP contribution < -0.4 is 36.6 Å². The van der Waals surface area contributed by atoms with Crippen LogP contribution >= 0.6 is 15.8 Å². The van der Waals surface area contributed by atoms with Crippen LogP contribution in [0.2, 0.25) is 0 Å². The first-order chi connectivity index (χ1) is 21.4. The quantitative estimate of drug-likeness (QED) is 0.0737. The van der Waals surface area contributed by atoms with Crippen LogP contribution in [0.4, 0.5) is 0 Å². The average Bonchev–Trinajstić information content (AvgIpc) is 3.10. The van der Waals surface area contributed by atoms with Gasteiger partial charge in [-0.3, -0.25) is 0 Å². The molecule has 0 saturated heterocycles. The minimum atomic E-state index is -0.795. The molecule has 6 rings (SSSR count). The summed E-state index contributed by atoms with van der Waals surface area (Å²) in [6, 6.07) is 60.2. The van der Waals surface area contributed by atoms with Gasteiger partial charge in [0.1, 0.15) is 11.5 Å². The fourth-order valence-corrected chi connectivity index (χ4v) is 9.48. The number of rotatable bonds is 8. The molecule has 0 N–H and O–H groups in total. The zero-order chi connectivity index (χ0) is 30.3. The van der Waals surface area contributed by atoms with Crippen molar-refractivity contribution in [3.63, 3.8) is 0 Å². The molecule has 0 fully saturated rings. The van der Waals surface area contributed by atoms with Crippen LogP contribution in [0.1, 0.15) is 0 Å². The van der Waals surface area contributed by atoms with E-state index >= 15 is 0 Å². The molecule has 0 spiro atoms. The molecule has 3 nitrogen and oxygen atoms in total. The third kappa shape index (κ3) is 8.61. The van der Waals surface area contributed by atoms with Crippen molar-refractivity contribution in [3.05, 3.63) is 183 Å². The normalized spacial score (nSPS) is 9.86. The molecule has 6 aromatic carbocycles. The van der Waals surface area contributed by atoms with Gasteiger partial charge in [-0.1, -0.05) is 158 Å². The van der Waals surface area contributed by atoms with Crippen LogP contribution in [0.15, 0.2) is 170 Å². The van der Waals surface area contributed by atoms with Gasteiger partial charge in [-0.25, -0.2) is 0 Å². The third-order valence-electron chi connectivity index (χ3n) is 6.49. The first-order valence-corrected chi connectivity index (χ1v) is 16.1. The van der Waals surface area contributed by atoms with E-state index in [2.05, 4.69) is 183 Å². The Morgan fingerprint density at radius 1 is 0.341 bits per heavy atom. The zero-order valence-electron chi connectivity index (χ0n) is 23.6. The van der Waals surface area contributed by atoms with Gasteiger partial charge >= 0.3 is 22.6 Å². The van der Waals surface area contributed by atoms with Gasteiger partial charge in [0.15, 0.2) is 0 Å². The summed E-state index contributed by atoms with van der Waals surface area (Å²) in [5, 5.41) is 7.64. The van der Waals surface area contributed by atoms with E-state index in [0.29, 0.717) is 0 Å². The number of para-hydroxylation sites is 2. The van der Waals surface area contributed by atoms with Crippen molar-refractivity contribution in [2.24, 2.45) is 0 Å². The summed E-state index contributed by atoms with van der Waals surface area (Å²) in [4.78, 5) is 0. The standard InChI is InChI=1S/C36H28OP2.2CO.Pd/c1-5-17-29(18-6-1)38(30-19-7-2-8-20-30)35-27-15-13-25-33(35)37-34-26-14-16-28-36(34)39(31-21-9-3-10-22-31)32-23-11-4-12-24-32;2*1-2;/h1-28H;;;. The van der Waals surface area contributed by atoms with Crippen LogP contribution in [0.3, 0.4) is 0 Å². The van der Waals surface area contributed by atoms with E-state index < -0.39 is 15.8 Å². The van der Waals surface area contributed by atoms with Crippen molar-refractivity contribution in [3.8, 4) is 11.5 Å². The molecule has 0 bridgehead atoms. The SMILES string of the molecule is [C-]#[O+].[C-]#[O+].[Pd].c1ccc(P(c2ccccc2)c2ccccc2Oc2ccccc2P(c2ccccc2)c2ccccc2)cc1. The van der Waals surface area contributed by atoms with Gasteiger partial charge in [0.25, 0.3) is 0 Å². The van der Waals surface area contributed by atoms with Gasteiger partial charge in [0, 0.05) is 31.0 Å². The molecular weight excluding hydrogens is 673 g/mol. The fraction of sp³-hybridized carbons (Fsp3) is 0. The van der Waals surface area contributed by atoms with Crippen molar-refractivity contribution < 1.29 is 34.5 Å². The van der Waals surface area contributed by atoms with E-state index in [1.807, 2.05) is 0 Å². The monoisotopic (exact) mass is 700 g/mol. The molecule has 0 atom stereocenters. The Morgan fingerprint density at radius 2 is 0.568 bits per heavy atom. The van der Waals surface area contributed by atoms with E-state index in [-0.39, 0.29) is 20.4 Å². The van der Waals surface area contributed by atoms with Gasteiger partial charge in [0.2, 0.25) is 0 Å². The Balaban J connectivity index is 0.00000102. The van der Waals surface area contributed by atoms with Gasteiger partial charge in [-0.2, -0.15) is 0 Å². The molecule has 6 heteroatoms. The predicted octanol–water partition coefficient (Wildman–Crippen LogP) is 6.92. The second-order valence-electron chi connectivity index (χ2n) is 9.05. The Bertz CT molecular complexity index is 1520. The van der Waals surface area contributed by atoms with Crippen molar-refractivity contribution >= 4 is 47.7 Å². The molecule has 0 aliphatic heterocycles. The van der Waals surface area contributed by atoms with Crippen LogP contribution in [0, 0.1) is 13.3 Å². The first-order valence-electron chi connectivity index (χ1n) is 13.5. The molecule has 0 aliphatic rings. The zero-order valence-corrected chi connectivity index (χ0v) is 26.9. The van der Waals surface area contributed by atoms with E-state index in [9.17, 15) is 0 Å². The Morgan fingerprint density at radius 3 is 0.841 bits per heavy atom. The largest absolute Gasteiger partial charge is 0.456 e. The van der Waals surface area contributed by atoms with Gasteiger partial charge in [-0.15, -0.1) is 0 Å². The molecule has 0 heterocycles. The number of hydrogen-bond donors (Lipinski definition) is 0. The molecule has 218 valence electrons. The maximum atomic E-state index is 7.50. The summed E-state index contributed by atoms with van der Waals surface area (Å²) >= 11 is 0. The molecule has 6 aromatic rings. The molecule has 0 aliphatic carbocycles. The number of ether oxygens (including phenoxy) is 1. The summed E-state index contributed by atoms with van der Waals surface area (Å²) in [5.41, 5.74) is 0. The summed E-state index contributed by atoms with van der Waals surface area (Å²) in [7, 11) is -1.59. The minimum Gasteiger partial charge on any atom is -0.456 e. The number of hydrogen-bond acceptors (Lipinski definition) is 1. The molecule has 0 saturated carbocycles. The molecule has 44 heavy (non-hydrogen) atoms. The van der Waals surface area contributed by atoms with E-state index in [1.165, 1.54) is 31.8 Å². The molecular formula is C38H28O3P2Pd.